The summed E-state index contributed by atoms with van der Waals surface area (Å²) in [5.74, 6) is 0.480. The Balaban J connectivity index is 2.20. The number of benzene rings is 1. The number of nitrogens with zero attached hydrogens (tertiary/aromatic N) is 1. The lowest BCUT2D eigenvalue weighted by Gasteiger charge is -2.14. The molecule has 0 radical (unpaired) electrons. The van der Waals surface area contributed by atoms with Crippen molar-refractivity contribution in [1.29, 1.82) is 0 Å². The molecule has 0 atom stereocenters. The molecule has 19 heavy (non-hydrogen) atoms. The molecule has 102 valence electrons. The van der Waals surface area contributed by atoms with Crippen LogP contribution in [0.2, 0.25) is 0 Å². The minimum Gasteiger partial charge on any atom is -0.377 e. The number of halogens is 4. The van der Waals surface area contributed by atoms with Crippen molar-refractivity contribution in [3.8, 4) is 0 Å². The van der Waals surface area contributed by atoms with Gasteiger partial charge in [-0.2, -0.15) is 13.2 Å². The minimum atomic E-state index is -4.41. The summed E-state index contributed by atoms with van der Waals surface area (Å²) < 4.78 is 43.9. The van der Waals surface area contributed by atoms with Gasteiger partial charge in [0.1, 0.15) is 0 Å². The summed E-state index contributed by atoms with van der Waals surface area (Å²) in [5, 5.41) is 6.37. The predicted molar refractivity (Wildman–Crippen MR) is 67.7 cm³/mol. The summed E-state index contributed by atoms with van der Waals surface area (Å²) in [6.07, 6.45) is -4.41. The van der Waals surface area contributed by atoms with Gasteiger partial charge in [0.15, 0.2) is 5.76 Å². The van der Waals surface area contributed by atoms with Crippen molar-refractivity contribution in [3.63, 3.8) is 0 Å². The average Bonchev–Trinajstić information content (AvgIpc) is 2.72. The van der Waals surface area contributed by atoms with Crippen LogP contribution in [0.3, 0.4) is 0 Å². The molecule has 0 bridgehead atoms. The largest absolute Gasteiger partial charge is 0.418 e. The molecule has 1 aromatic heterocycles. The summed E-state index contributed by atoms with van der Waals surface area (Å²) in [5.41, 5.74) is -0.0356. The van der Waals surface area contributed by atoms with Crippen LogP contribution in [0.15, 0.2) is 33.3 Å². The SMILES string of the molecule is Cc1cc(CNc2ccc(Br)cc2C(F)(F)F)on1. The van der Waals surface area contributed by atoms with E-state index in [1.165, 1.54) is 6.07 Å². The number of nitrogens with one attached hydrogen (secondary N) is 1. The third-order valence-electron chi connectivity index (χ3n) is 2.42. The normalized spacial score (nSPS) is 11.6. The topological polar surface area (TPSA) is 38.1 Å². The van der Waals surface area contributed by atoms with Gasteiger partial charge in [-0.15, -0.1) is 0 Å². The van der Waals surface area contributed by atoms with E-state index in [9.17, 15) is 13.2 Å². The first-order valence-electron chi connectivity index (χ1n) is 5.39. The van der Waals surface area contributed by atoms with E-state index in [0.717, 1.165) is 6.07 Å². The molecule has 0 amide bonds. The lowest BCUT2D eigenvalue weighted by molar-refractivity contribution is -0.137. The molecule has 1 N–H and O–H groups in total. The first-order valence-corrected chi connectivity index (χ1v) is 6.18. The smallest absolute Gasteiger partial charge is 0.377 e. The van der Waals surface area contributed by atoms with Crippen molar-refractivity contribution >= 4 is 21.6 Å². The highest BCUT2D eigenvalue weighted by Crippen LogP contribution is 2.36. The molecule has 0 unspecified atom stereocenters. The highest BCUT2D eigenvalue weighted by atomic mass is 79.9. The summed E-state index contributed by atoms with van der Waals surface area (Å²) >= 11 is 3.03. The Hall–Kier alpha value is -1.50. The van der Waals surface area contributed by atoms with Gasteiger partial charge in [0, 0.05) is 16.2 Å². The van der Waals surface area contributed by atoms with E-state index < -0.39 is 11.7 Å². The summed E-state index contributed by atoms with van der Waals surface area (Å²) in [6.45, 7) is 1.89. The fourth-order valence-corrected chi connectivity index (χ4v) is 1.95. The molecular weight excluding hydrogens is 325 g/mol. The highest BCUT2D eigenvalue weighted by molar-refractivity contribution is 9.10. The Morgan fingerprint density at radius 1 is 1.32 bits per heavy atom. The standard InChI is InChI=1S/C12H10BrF3N2O/c1-7-4-9(19-18-7)6-17-11-3-2-8(13)5-10(11)12(14,15)16/h2-5,17H,6H2,1H3. The first-order chi connectivity index (χ1) is 8.86. The molecule has 0 saturated heterocycles. The van der Waals surface area contributed by atoms with Crippen molar-refractivity contribution in [2.24, 2.45) is 0 Å². The number of aryl methyl sites for hydroxylation is 1. The number of hydrogen-bond donors (Lipinski definition) is 1. The minimum absolute atomic E-state index is 0.00440. The molecule has 7 heteroatoms. The molecule has 0 spiro atoms. The summed E-state index contributed by atoms with van der Waals surface area (Å²) in [7, 11) is 0. The fourth-order valence-electron chi connectivity index (χ4n) is 1.59. The molecule has 1 heterocycles. The quantitative estimate of drug-likeness (QED) is 0.905. The van der Waals surface area contributed by atoms with Crippen molar-refractivity contribution in [2.45, 2.75) is 19.6 Å². The lowest BCUT2D eigenvalue weighted by atomic mass is 10.1. The number of rotatable bonds is 3. The summed E-state index contributed by atoms with van der Waals surface area (Å²) in [6, 6.07) is 5.62. The molecule has 2 aromatic rings. The Kier molecular flexibility index (Phi) is 3.84. The van der Waals surface area contributed by atoms with Crippen molar-refractivity contribution in [2.75, 3.05) is 5.32 Å². The van der Waals surface area contributed by atoms with Gasteiger partial charge in [-0.3, -0.25) is 0 Å². The van der Waals surface area contributed by atoms with E-state index >= 15 is 0 Å². The van der Waals surface area contributed by atoms with E-state index in [0.29, 0.717) is 15.9 Å². The molecule has 1 aromatic carbocycles. The molecule has 0 aliphatic rings. The number of alkyl halides is 3. The van der Waals surface area contributed by atoms with Gasteiger partial charge in [0.25, 0.3) is 0 Å². The second kappa shape index (κ2) is 5.24. The molecule has 3 nitrogen and oxygen atoms in total. The van der Waals surface area contributed by atoms with Gasteiger partial charge in [0.05, 0.1) is 17.8 Å². The van der Waals surface area contributed by atoms with E-state index in [4.69, 9.17) is 4.52 Å². The first kappa shape index (κ1) is 13.9. The number of anilines is 1. The number of aromatic nitrogens is 1. The van der Waals surface area contributed by atoms with Gasteiger partial charge in [0.2, 0.25) is 0 Å². The fraction of sp³-hybridized carbons (Fsp3) is 0.250. The van der Waals surface area contributed by atoms with Crippen molar-refractivity contribution in [1.82, 2.24) is 5.16 Å². The van der Waals surface area contributed by atoms with Crippen molar-refractivity contribution < 1.29 is 17.7 Å². The van der Waals surface area contributed by atoms with Crippen molar-refractivity contribution in [3.05, 3.63) is 45.8 Å². The highest BCUT2D eigenvalue weighted by Gasteiger charge is 2.33. The van der Waals surface area contributed by atoms with Crippen LogP contribution in [0, 0.1) is 6.92 Å². The zero-order valence-corrected chi connectivity index (χ0v) is 11.5. The second-order valence-corrected chi connectivity index (χ2v) is 4.89. The van der Waals surface area contributed by atoms with Crippen LogP contribution in [0.1, 0.15) is 17.0 Å². The van der Waals surface area contributed by atoms with Gasteiger partial charge >= 0.3 is 6.18 Å². The molecule has 0 saturated carbocycles. The molecule has 0 fully saturated rings. The van der Waals surface area contributed by atoms with Gasteiger partial charge < -0.3 is 9.84 Å². The molecule has 2 rings (SSSR count). The Morgan fingerprint density at radius 3 is 2.63 bits per heavy atom. The molecular formula is C12H10BrF3N2O. The van der Waals surface area contributed by atoms with Crippen LogP contribution < -0.4 is 5.32 Å². The van der Waals surface area contributed by atoms with Crippen LogP contribution in [0.25, 0.3) is 0 Å². The summed E-state index contributed by atoms with van der Waals surface area (Å²) in [4.78, 5) is 0. The zero-order valence-electron chi connectivity index (χ0n) is 9.88. The Labute approximate surface area is 115 Å². The lowest BCUT2D eigenvalue weighted by Crippen LogP contribution is -2.10. The third-order valence-corrected chi connectivity index (χ3v) is 2.91. The average molecular weight is 335 g/mol. The molecule has 0 aliphatic heterocycles. The third kappa shape index (κ3) is 3.50. The van der Waals surface area contributed by atoms with Gasteiger partial charge in [-0.25, -0.2) is 0 Å². The monoisotopic (exact) mass is 334 g/mol. The Bertz CT molecular complexity index is 581. The number of hydrogen-bond acceptors (Lipinski definition) is 3. The maximum Gasteiger partial charge on any atom is 0.418 e. The van der Waals surface area contributed by atoms with Crippen LogP contribution in [0.5, 0.6) is 0 Å². The maximum absolute atomic E-state index is 12.9. The van der Waals surface area contributed by atoms with E-state index in [1.807, 2.05) is 0 Å². The van der Waals surface area contributed by atoms with E-state index in [2.05, 4.69) is 26.4 Å². The maximum atomic E-state index is 12.9. The van der Waals surface area contributed by atoms with Crippen LogP contribution in [-0.4, -0.2) is 5.16 Å². The second-order valence-electron chi connectivity index (χ2n) is 3.98. The predicted octanol–water partition coefficient (Wildman–Crippen LogP) is 4.38. The zero-order chi connectivity index (χ0) is 14.0. The van der Waals surface area contributed by atoms with Crippen LogP contribution >= 0.6 is 15.9 Å². The van der Waals surface area contributed by atoms with E-state index in [1.54, 1.807) is 19.1 Å². The van der Waals surface area contributed by atoms with Crippen LogP contribution in [-0.2, 0) is 12.7 Å². The van der Waals surface area contributed by atoms with Crippen LogP contribution in [0.4, 0.5) is 18.9 Å². The van der Waals surface area contributed by atoms with Gasteiger partial charge in [-0.1, -0.05) is 21.1 Å². The molecule has 0 aliphatic carbocycles. The Morgan fingerprint density at radius 2 is 2.05 bits per heavy atom. The van der Waals surface area contributed by atoms with E-state index in [-0.39, 0.29) is 12.2 Å². The van der Waals surface area contributed by atoms with Gasteiger partial charge in [-0.05, 0) is 25.1 Å².